The average Bonchev–Trinajstić information content (AvgIpc) is 3.54. The van der Waals surface area contributed by atoms with Crippen molar-refractivity contribution in [3.05, 3.63) is 59.5 Å². The molecule has 9 nitrogen and oxygen atoms in total. The van der Waals surface area contributed by atoms with Gasteiger partial charge in [0.1, 0.15) is 5.75 Å². The Morgan fingerprint density at radius 2 is 1.97 bits per heavy atom. The van der Waals surface area contributed by atoms with E-state index in [4.69, 9.17) is 9.26 Å². The van der Waals surface area contributed by atoms with Crippen LogP contribution in [0.25, 0.3) is 11.4 Å². The number of hydrogen-bond donors (Lipinski definition) is 1. The van der Waals surface area contributed by atoms with Crippen LogP contribution in [-0.2, 0) is 27.8 Å². The van der Waals surface area contributed by atoms with E-state index in [1.807, 2.05) is 31.2 Å². The van der Waals surface area contributed by atoms with E-state index in [-0.39, 0.29) is 23.8 Å². The van der Waals surface area contributed by atoms with Crippen molar-refractivity contribution in [2.75, 3.05) is 20.2 Å². The predicted molar refractivity (Wildman–Crippen MR) is 126 cm³/mol. The van der Waals surface area contributed by atoms with Crippen LogP contribution in [0.2, 0.25) is 0 Å². The zero-order chi connectivity index (χ0) is 24.1. The number of rotatable bonds is 9. The van der Waals surface area contributed by atoms with Gasteiger partial charge in [0.05, 0.1) is 18.6 Å². The highest BCUT2D eigenvalue weighted by Gasteiger charge is 2.27. The number of benzene rings is 2. The minimum Gasteiger partial charge on any atom is -0.496 e. The van der Waals surface area contributed by atoms with Crippen molar-refractivity contribution in [2.45, 2.75) is 44.0 Å². The van der Waals surface area contributed by atoms with E-state index >= 15 is 0 Å². The minimum atomic E-state index is -3.54. The number of aromatic nitrogens is 2. The Labute approximate surface area is 199 Å². The van der Waals surface area contributed by atoms with Gasteiger partial charge in [0, 0.05) is 25.1 Å². The number of carbonyl (C=O) groups excluding carboxylic acids is 1. The van der Waals surface area contributed by atoms with Crippen molar-refractivity contribution in [2.24, 2.45) is 0 Å². The molecule has 4 rings (SSSR count). The van der Waals surface area contributed by atoms with Crippen molar-refractivity contribution < 1.29 is 22.5 Å². The highest BCUT2D eigenvalue weighted by molar-refractivity contribution is 7.89. The Morgan fingerprint density at radius 3 is 2.71 bits per heavy atom. The molecule has 0 radical (unpaired) electrons. The Balaban J connectivity index is 1.36. The number of aryl methyl sites for hydroxylation is 2. The summed E-state index contributed by atoms with van der Waals surface area (Å²) in [6.07, 6.45) is 2.23. The molecule has 1 aliphatic heterocycles. The highest BCUT2D eigenvalue weighted by Crippen LogP contribution is 2.27. The number of ether oxygens (including phenoxy) is 1. The van der Waals surface area contributed by atoms with Gasteiger partial charge in [0.2, 0.25) is 27.6 Å². The molecule has 1 amide bonds. The van der Waals surface area contributed by atoms with Crippen LogP contribution in [0.5, 0.6) is 5.75 Å². The van der Waals surface area contributed by atoms with Gasteiger partial charge in [-0.05, 0) is 56.0 Å². The molecule has 1 saturated heterocycles. The molecular formula is C24H28N4O5S. The van der Waals surface area contributed by atoms with Gasteiger partial charge in [-0.2, -0.15) is 9.29 Å². The number of hydrogen-bond acceptors (Lipinski definition) is 7. The lowest BCUT2D eigenvalue weighted by molar-refractivity contribution is -0.121. The zero-order valence-electron chi connectivity index (χ0n) is 19.3. The van der Waals surface area contributed by atoms with Crippen LogP contribution in [0.4, 0.5) is 0 Å². The lowest BCUT2D eigenvalue weighted by Crippen LogP contribution is -2.28. The number of nitrogens with zero attached hydrogens (tertiary/aromatic N) is 3. The van der Waals surface area contributed by atoms with Gasteiger partial charge >= 0.3 is 0 Å². The fourth-order valence-corrected chi connectivity index (χ4v) is 5.50. The number of sulfonamides is 1. The van der Waals surface area contributed by atoms with Gasteiger partial charge in [-0.15, -0.1) is 0 Å². The molecule has 1 N–H and O–H groups in total. The number of methoxy groups -OCH3 is 1. The van der Waals surface area contributed by atoms with E-state index in [9.17, 15) is 13.2 Å². The van der Waals surface area contributed by atoms with Gasteiger partial charge in [0.25, 0.3) is 0 Å². The Bertz CT molecular complexity index is 1270. The molecule has 2 aromatic carbocycles. The third-order valence-corrected chi connectivity index (χ3v) is 7.65. The molecule has 1 aliphatic rings. The summed E-state index contributed by atoms with van der Waals surface area (Å²) < 4.78 is 37.9. The van der Waals surface area contributed by atoms with Crippen molar-refractivity contribution in [3.8, 4) is 17.1 Å². The molecular weight excluding hydrogens is 456 g/mol. The molecule has 0 spiro atoms. The van der Waals surface area contributed by atoms with Gasteiger partial charge in [-0.25, -0.2) is 8.42 Å². The molecule has 3 aromatic rings. The summed E-state index contributed by atoms with van der Waals surface area (Å²) >= 11 is 0. The normalized spacial score (nSPS) is 14.3. The van der Waals surface area contributed by atoms with Gasteiger partial charge < -0.3 is 14.6 Å². The summed E-state index contributed by atoms with van der Waals surface area (Å²) in [7, 11) is -2.02. The number of nitrogens with one attached hydrogen (secondary N) is 1. The summed E-state index contributed by atoms with van der Waals surface area (Å²) in [6.45, 7) is 3.16. The van der Waals surface area contributed by atoms with Crippen LogP contribution in [-0.4, -0.2) is 49.0 Å². The molecule has 2 heterocycles. The van der Waals surface area contributed by atoms with Crippen molar-refractivity contribution in [1.82, 2.24) is 19.8 Å². The second-order valence-electron chi connectivity index (χ2n) is 8.24. The van der Waals surface area contributed by atoms with Crippen LogP contribution < -0.4 is 10.1 Å². The van der Waals surface area contributed by atoms with Crippen LogP contribution in [0.3, 0.4) is 0 Å². The van der Waals surface area contributed by atoms with Gasteiger partial charge in [-0.3, -0.25) is 4.79 Å². The van der Waals surface area contributed by atoms with Crippen molar-refractivity contribution in [1.29, 1.82) is 0 Å². The number of carbonyl (C=O) groups is 1. The third-order valence-electron chi connectivity index (χ3n) is 5.76. The van der Waals surface area contributed by atoms with Crippen LogP contribution in [0, 0.1) is 6.92 Å². The first-order valence-electron chi connectivity index (χ1n) is 11.2. The van der Waals surface area contributed by atoms with Crippen molar-refractivity contribution in [3.63, 3.8) is 0 Å². The number of amides is 1. The molecule has 34 heavy (non-hydrogen) atoms. The largest absolute Gasteiger partial charge is 0.496 e. The first kappa shape index (κ1) is 23.9. The average molecular weight is 485 g/mol. The smallest absolute Gasteiger partial charge is 0.246 e. The van der Waals surface area contributed by atoms with E-state index < -0.39 is 10.0 Å². The summed E-state index contributed by atoms with van der Waals surface area (Å²) in [5.74, 6) is 1.10. The van der Waals surface area contributed by atoms with Crippen LogP contribution in [0.1, 0.15) is 36.3 Å². The van der Waals surface area contributed by atoms with Gasteiger partial charge in [0.15, 0.2) is 0 Å². The Morgan fingerprint density at radius 1 is 1.18 bits per heavy atom. The molecule has 1 fully saturated rings. The lowest BCUT2D eigenvalue weighted by Gasteiger charge is -2.17. The molecule has 0 saturated carbocycles. The van der Waals surface area contributed by atoms with E-state index in [1.165, 1.54) is 11.4 Å². The molecule has 0 atom stereocenters. The first-order chi connectivity index (χ1) is 16.4. The summed E-state index contributed by atoms with van der Waals surface area (Å²) in [5.41, 5.74) is 2.60. The lowest BCUT2D eigenvalue weighted by atomic mass is 10.1. The highest BCUT2D eigenvalue weighted by atomic mass is 32.2. The first-order valence-corrected chi connectivity index (χ1v) is 12.6. The molecule has 0 bridgehead atoms. The van der Waals surface area contributed by atoms with Gasteiger partial charge in [-0.1, -0.05) is 28.9 Å². The molecule has 0 aliphatic carbocycles. The minimum absolute atomic E-state index is 0.109. The summed E-state index contributed by atoms with van der Waals surface area (Å²) in [4.78, 5) is 17.0. The third kappa shape index (κ3) is 5.45. The van der Waals surface area contributed by atoms with E-state index in [0.717, 1.165) is 24.0 Å². The summed E-state index contributed by atoms with van der Waals surface area (Å²) in [5, 5.41) is 6.74. The maximum Gasteiger partial charge on any atom is 0.246 e. The van der Waals surface area contributed by atoms with Crippen molar-refractivity contribution >= 4 is 15.9 Å². The summed E-state index contributed by atoms with van der Waals surface area (Å²) in [6, 6.07) is 12.6. The predicted octanol–water partition coefficient (Wildman–Crippen LogP) is 3.09. The molecule has 10 heteroatoms. The SMILES string of the molecule is COc1ccc(S(=O)(=O)N2CCCC2)cc1CCC(=O)NCc1nc(-c2cccc(C)c2)no1. The fourth-order valence-electron chi connectivity index (χ4n) is 3.93. The fraction of sp³-hybridized carbons (Fsp3) is 0.375. The van der Waals surface area contributed by atoms with Crippen LogP contribution in [0.15, 0.2) is 51.9 Å². The monoisotopic (exact) mass is 484 g/mol. The van der Waals surface area contributed by atoms with E-state index in [0.29, 0.717) is 42.5 Å². The van der Waals surface area contributed by atoms with Crippen LogP contribution >= 0.6 is 0 Å². The second-order valence-corrected chi connectivity index (χ2v) is 10.2. The maximum absolute atomic E-state index is 12.9. The zero-order valence-corrected chi connectivity index (χ0v) is 20.1. The maximum atomic E-state index is 12.9. The topological polar surface area (TPSA) is 115 Å². The molecule has 1 aromatic heterocycles. The van der Waals surface area contributed by atoms with E-state index in [1.54, 1.807) is 18.2 Å². The van der Waals surface area contributed by atoms with E-state index in [2.05, 4.69) is 15.5 Å². The Hall–Kier alpha value is -3.24. The molecule has 0 unspecified atom stereocenters. The Kier molecular flexibility index (Phi) is 7.28. The molecule has 180 valence electrons. The second kappa shape index (κ2) is 10.4. The standard InChI is InChI=1S/C24H28N4O5S/c1-17-6-5-7-19(14-17)24-26-23(33-27-24)16-25-22(29)11-8-18-15-20(9-10-21(18)32-2)34(30,31)28-12-3-4-13-28/h5-7,9-10,14-15H,3-4,8,11-13,16H2,1-2H3,(H,25,29). The quantitative estimate of drug-likeness (QED) is 0.496.